The Balaban J connectivity index is 1.66. The fourth-order valence-corrected chi connectivity index (χ4v) is 5.97. The van der Waals surface area contributed by atoms with Gasteiger partial charge in [0.2, 0.25) is 5.91 Å². The molecule has 0 aliphatic carbocycles. The van der Waals surface area contributed by atoms with E-state index in [1.54, 1.807) is 14.2 Å². The molecular weight excluding hydrogens is 538 g/mol. The molecule has 1 aliphatic rings. The molecule has 1 fully saturated rings. The van der Waals surface area contributed by atoms with E-state index in [0.717, 1.165) is 66.9 Å². The molecule has 43 heavy (non-hydrogen) atoms. The number of amides is 2. The van der Waals surface area contributed by atoms with Crippen LogP contribution in [0, 0.1) is 0 Å². The summed E-state index contributed by atoms with van der Waals surface area (Å²) in [7, 11) is 11.4. The smallest absolute Gasteiger partial charge is 0.251 e. The van der Waals surface area contributed by atoms with Gasteiger partial charge in [0.25, 0.3) is 5.91 Å². The molecular formula is C35H47N5O3. The average molecular weight is 586 g/mol. The average Bonchev–Trinajstić information content (AvgIpc) is 3.00. The Labute approximate surface area is 257 Å². The molecule has 3 aromatic rings. The topological polar surface area (TPSA) is 77.2 Å². The summed E-state index contributed by atoms with van der Waals surface area (Å²) < 4.78 is 6.02. The Morgan fingerprint density at radius 2 is 1.77 bits per heavy atom. The molecule has 0 radical (unpaired) electrons. The number of hydrogen-bond acceptors (Lipinski definition) is 6. The van der Waals surface area contributed by atoms with Crippen molar-refractivity contribution in [1.82, 2.24) is 20.4 Å². The first-order chi connectivity index (χ1) is 20.7. The molecule has 3 aromatic carbocycles. The van der Waals surface area contributed by atoms with Crippen LogP contribution in [-0.4, -0.2) is 89.1 Å². The third-order valence-electron chi connectivity index (χ3n) is 8.09. The number of piperidine rings is 1. The summed E-state index contributed by atoms with van der Waals surface area (Å²) in [6.07, 6.45) is 3.71. The van der Waals surface area contributed by atoms with Crippen LogP contribution in [0.3, 0.4) is 0 Å². The van der Waals surface area contributed by atoms with Crippen LogP contribution in [0.1, 0.15) is 40.7 Å². The van der Waals surface area contributed by atoms with Gasteiger partial charge in [-0.2, -0.15) is 0 Å². The summed E-state index contributed by atoms with van der Waals surface area (Å²) in [5.41, 5.74) is 5.56. The number of anilines is 1. The molecule has 1 saturated heterocycles. The number of carbonyl (C=O) groups excluding carboxylic acids is 2. The number of rotatable bonds is 12. The van der Waals surface area contributed by atoms with Crippen LogP contribution in [0.2, 0.25) is 0 Å². The van der Waals surface area contributed by atoms with E-state index in [0.29, 0.717) is 12.1 Å². The first-order valence-electron chi connectivity index (χ1n) is 15.1. The molecule has 0 bridgehead atoms. The van der Waals surface area contributed by atoms with Gasteiger partial charge in [0.1, 0.15) is 5.75 Å². The third kappa shape index (κ3) is 8.36. The van der Waals surface area contributed by atoms with E-state index in [9.17, 15) is 9.59 Å². The van der Waals surface area contributed by atoms with Crippen molar-refractivity contribution in [1.29, 1.82) is 0 Å². The van der Waals surface area contributed by atoms with Gasteiger partial charge in [-0.3, -0.25) is 14.5 Å². The van der Waals surface area contributed by atoms with Crippen molar-refractivity contribution < 1.29 is 14.3 Å². The summed E-state index contributed by atoms with van der Waals surface area (Å²) in [5.74, 6) is 0.717. The predicted molar refractivity (Wildman–Crippen MR) is 175 cm³/mol. The molecule has 1 heterocycles. The molecule has 1 aliphatic heterocycles. The number of benzene rings is 3. The van der Waals surface area contributed by atoms with Crippen LogP contribution in [0.25, 0.3) is 11.1 Å². The largest absolute Gasteiger partial charge is 0.496 e. The van der Waals surface area contributed by atoms with Crippen molar-refractivity contribution in [3.8, 4) is 16.9 Å². The maximum Gasteiger partial charge on any atom is 0.251 e. The second-order valence-corrected chi connectivity index (χ2v) is 11.9. The number of methoxy groups -OCH3 is 1. The fourth-order valence-electron chi connectivity index (χ4n) is 5.97. The highest BCUT2D eigenvalue weighted by Gasteiger charge is 2.29. The summed E-state index contributed by atoms with van der Waals surface area (Å²) in [5, 5.41) is 6.13. The van der Waals surface area contributed by atoms with Crippen molar-refractivity contribution in [3.05, 3.63) is 83.4 Å². The van der Waals surface area contributed by atoms with Crippen LogP contribution in [0.15, 0.2) is 66.7 Å². The second kappa shape index (κ2) is 15.0. The van der Waals surface area contributed by atoms with Gasteiger partial charge in [-0.25, -0.2) is 0 Å². The van der Waals surface area contributed by atoms with Gasteiger partial charge in [-0.1, -0.05) is 55.0 Å². The van der Waals surface area contributed by atoms with Crippen LogP contribution in [0.4, 0.5) is 5.69 Å². The van der Waals surface area contributed by atoms with Gasteiger partial charge in [-0.05, 0) is 69.2 Å². The SMILES string of the molecule is CNC(=O)C1CCCCN1Cc1cccc(-c2cc(C(=O)NC(Cc3ccccc3)CN(C)C)cc(N(C)C)c2)c1OC. The van der Waals surface area contributed by atoms with E-state index in [-0.39, 0.29) is 23.9 Å². The first-order valence-corrected chi connectivity index (χ1v) is 15.1. The maximum atomic E-state index is 13.8. The Kier molecular flexibility index (Phi) is 11.2. The highest BCUT2D eigenvalue weighted by atomic mass is 16.5. The van der Waals surface area contributed by atoms with Gasteiger partial charge < -0.3 is 25.2 Å². The lowest BCUT2D eigenvalue weighted by molar-refractivity contribution is -0.127. The molecule has 4 rings (SSSR count). The minimum atomic E-state index is -0.148. The van der Waals surface area contributed by atoms with Gasteiger partial charge in [0, 0.05) is 62.7 Å². The van der Waals surface area contributed by atoms with Crippen molar-refractivity contribution in [2.24, 2.45) is 0 Å². The quantitative estimate of drug-likeness (QED) is 0.328. The van der Waals surface area contributed by atoms with Gasteiger partial charge >= 0.3 is 0 Å². The summed E-state index contributed by atoms with van der Waals surface area (Å²) >= 11 is 0. The molecule has 0 aromatic heterocycles. The first kappa shape index (κ1) is 32.0. The van der Waals surface area contributed by atoms with Crippen LogP contribution in [-0.2, 0) is 17.8 Å². The normalized spacial score (nSPS) is 16.0. The second-order valence-electron chi connectivity index (χ2n) is 11.9. The lowest BCUT2D eigenvalue weighted by Gasteiger charge is -2.34. The molecule has 8 heteroatoms. The van der Waals surface area contributed by atoms with Gasteiger partial charge in [-0.15, -0.1) is 0 Å². The zero-order valence-electron chi connectivity index (χ0n) is 26.5. The van der Waals surface area contributed by atoms with Crippen molar-refractivity contribution in [2.75, 3.05) is 60.3 Å². The van der Waals surface area contributed by atoms with Crippen molar-refractivity contribution >= 4 is 17.5 Å². The molecule has 2 atom stereocenters. The zero-order chi connectivity index (χ0) is 30.9. The highest BCUT2D eigenvalue weighted by Crippen LogP contribution is 2.37. The molecule has 2 unspecified atom stereocenters. The van der Waals surface area contributed by atoms with Crippen molar-refractivity contribution in [2.45, 2.75) is 44.3 Å². The van der Waals surface area contributed by atoms with E-state index < -0.39 is 0 Å². The summed E-state index contributed by atoms with van der Waals surface area (Å²) in [6, 6.07) is 22.2. The Bertz CT molecular complexity index is 1380. The molecule has 230 valence electrons. The minimum absolute atomic E-state index is 0.0490. The summed E-state index contributed by atoms with van der Waals surface area (Å²) in [4.78, 5) is 32.8. The van der Waals surface area contributed by atoms with E-state index in [4.69, 9.17) is 4.74 Å². The number of likely N-dealkylation sites (tertiary alicyclic amines) is 1. The predicted octanol–water partition coefficient (Wildman–Crippen LogP) is 4.43. The van der Waals surface area contributed by atoms with Crippen molar-refractivity contribution in [3.63, 3.8) is 0 Å². The van der Waals surface area contributed by atoms with Gasteiger partial charge in [0.15, 0.2) is 0 Å². The number of hydrogen-bond donors (Lipinski definition) is 2. The van der Waals surface area contributed by atoms with E-state index in [1.165, 1.54) is 5.56 Å². The molecule has 2 amide bonds. The minimum Gasteiger partial charge on any atom is -0.496 e. The van der Waals surface area contributed by atoms with Crippen LogP contribution in [0.5, 0.6) is 5.75 Å². The van der Waals surface area contributed by atoms with E-state index >= 15 is 0 Å². The molecule has 0 spiro atoms. The number of ether oxygens (including phenoxy) is 1. The highest BCUT2D eigenvalue weighted by molar-refractivity contribution is 5.97. The molecule has 2 N–H and O–H groups in total. The molecule has 8 nitrogen and oxygen atoms in total. The number of nitrogens with zero attached hydrogens (tertiary/aromatic N) is 3. The maximum absolute atomic E-state index is 13.8. The number of para-hydroxylation sites is 1. The monoisotopic (exact) mass is 585 g/mol. The van der Waals surface area contributed by atoms with E-state index in [2.05, 4.69) is 44.7 Å². The van der Waals surface area contributed by atoms with Gasteiger partial charge in [0.05, 0.1) is 13.2 Å². The third-order valence-corrected chi connectivity index (χ3v) is 8.09. The lowest BCUT2D eigenvalue weighted by Crippen LogP contribution is -2.48. The number of likely N-dealkylation sites (N-methyl/N-ethyl adjacent to an activating group) is 2. The Hall–Kier alpha value is -3.88. The van der Waals surface area contributed by atoms with E-state index in [1.807, 2.05) is 75.6 Å². The number of nitrogens with one attached hydrogen (secondary N) is 2. The van der Waals surface area contributed by atoms with Crippen LogP contribution >= 0.6 is 0 Å². The zero-order valence-corrected chi connectivity index (χ0v) is 26.5. The Morgan fingerprint density at radius 1 is 1.00 bits per heavy atom. The number of carbonyl (C=O) groups is 2. The van der Waals surface area contributed by atoms with Crippen LogP contribution < -0.4 is 20.3 Å². The standard InChI is InChI=1S/C35H47N5O3/c1-36-35(42)32-17-10-11-18-40(32)23-26-15-12-16-31(33(26)43-6)27-20-28(22-30(21-27)39(4)5)34(41)37-29(24-38(2)3)19-25-13-8-7-9-14-25/h7-9,12-16,20-22,29,32H,10-11,17-19,23-24H2,1-6H3,(H,36,42)(H,37,41). The molecule has 0 saturated carbocycles. The lowest BCUT2D eigenvalue weighted by atomic mass is 9.96. The Morgan fingerprint density at radius 3 is 2.44 bits per heavy atom. The fraction of sp³-hybridized carbons (Fsp3) is 0.429. The summed E-state index contributed by atoms with van der Waals surface area (Å²) in [6.45, 7) is 2.20.